The molecule has 0 bridgehead atoms. The summed E-state index contributed by atoms with van der Waals surface area (Å²) in [6.45, 7) is 7.90. The van der Waals surface area contributed by atoms with E-state index in [9.17, 15) is 14.0 Å². The Morgan fingerprint density at radius 1 is 1.02 bits per heavy atom. The normalized spacial score (nSPS) is 14.6. The lowest BCUT2D eigenvalue weighted by Gasteiger charge is -2.25. The van der Waals surface area contributed by atoms with E-state index in [1.165, 1.54) is 42.7 Å². The van der Waals surface area contributed by atoms with Gasteiger partial charge in [0.25, 0.3) is 0 Å². The molecule has 0 saturated heterocycles. The highest BCUT2D eigenvalue weighted by atomic mass is 19.1. The van der Waals surface area contributed by atoms with Gasteiger partial charge in [0.15, 0.2) is 0 Å². The lowest BCUT2D eigenvalue weighted by molar-refractivity contribution is -0.119. The third-order valence-corrected chi connectivity index (χ3v) is 6.51. The second-order valence-electron chi connectivity index (χ2n) is 10.8. The van der Waals surface area contributed by atoms with Gasteiger partial charge in [-0.15, -0.1) is 0 Å². The summed E-state index contributed by atoms with van der Waals surface area (Å²) in [5, 5.41) is 5.50. The molecule has 0 radical (unpaired) electrons. The summed E-state index contributed by atoms with van der Waals surface area (Å²) in [6.07, 6.45) is 4.66. The van der Waals surface area contributed by atoms with Crippen molar-refractivity contribution in [1.82, 2.24) is 5.32 Å². The fourth-order valence-corrected chi connectivity index (χ4v) is 4.27. The van der Waals surface area contributed by atoms with Crippen LogP contribution in [-0.2, 0) is 16.0 Å². The summed E-state index contributed by atoms with van der Waals surface area (Å²) in [5.41, 5.74) is 9.03. The highest BCUT2D eigenvalue weighted by Gasteiger charge is 2.24. The summed E-state index contributed by atoms with van der Waals surface area (Å²) in [6, 6.07) is 20.7. The van der Waals surface area contributed by atoms with Gasteiger partial charge in [0.2, 0.25) is 12.3 Å². The molecule has 4 N–H and O–H groups in total. The number of anilines is 1. The van der Waals surface area contributed by atoms with Crippen LogP contribution in [0.4, 0.5) is 10.1 Å². The minimum atomic E-state index is -0.380. The van der Waals surface area contributed by atoms with Crippen molar-refractivity contribution in [1.29, 1.82) is 0 Å². The number of carbonyl (C=O) groups excluding carboxylic acids is 2. The minimum Gasteiger partial charge on any atom is -0.491 e. The summed E-state index contributed by atoms with van der Waals surface area (Å²) in [4.78, 5) is 23.2. The van der Waals surface area contributed by atoms with Gasteiger partial charge in [-0.1, -0.05) is 37.3 Å². The molecule has 8 heteroatoms. The Kier molecular flexibility index (Phi) is 12.2. The molecule has 7 nitrogen and oxygen atoms in total. The van der Waals surface area contributed by atoms with E-state index in [0.29, 0.717) is 31.0 Å². The Balaban J connectivity index is 0.000000260. The first-order chi connectivity index (χ1) is 19.6. The molecule has 3 aromatic carbocycles. The number of nitrogens with two attached hydrogens (primary N) is 1. The predicted molar refractivity (Wildman–Crippen MR) is 161 cm³/mol. The second-order valence-corrected chi connectivity index (χ2v) is 10.8. The molecule has 220 valence electrons. The summed E-state index contributed by atoms with van der Waals surface area (Å²) in [7, 11) is 0. The van der Waals surface area contributed by atoms with Crippen molar-refractivity contribution in [3.63, 3.8) is 0 Å². The maximum Gasteiger partial charge on any atom is 0.227 e. The van der Waals surface area contributed by atoms with Gasteiger partial charge in [-0.2, -0.15) is 0 Å². The maximum atomic E-state index is 12.9. The molecule has 0 aliphatic heterocycles. The zero-order chi connectivity index (χ0) is 29.8. The molecule has 1 aliphatic rings. The number of hydrogen-bond acceptors (Lipinski definition) is 5. The number of halogens is 1. The van der Waals surface area contributed by atoms with E-state index in [1.807, 2.05) is 56.3 Å². The first-order valence-electron chi connectivity index (χ1n) is 14.1. The SMILES string of the molecule is CC(CC(N)C(Cc1ccccc1)NC=O)C(=O)Nc1ccc(F)cc1.Cc1cc(OC(C)C)cc(OC2CC2)c1. The third-order valence-electron chi connectivity index (χ3n) is 6.51. The van der Waals surface area contributed by atoms with Crippen LogP contribution in [0.15, 0.2) is 72.8 Å². The molecule has 3 atom stereocenters. The van der Waals surface area contributed by atoms with Crippen LogP contribution in [0.25, 0.3) is 0 Å². The quantitative estimate of drug-likeness (QED) is 0.228. The first-order valence-corrected chi connectivity index (χ1v) is 14.1. The average Bonchev–Trinajstić information content (AvgIpc) is 3.74. The number of hydrogen-bond donors (Lipinski definition) is 3. The van der Waals surface area contributed by atoms with Gasteiger partial charge in [-0.05, 0) is 94.0 Å². The number of amides is 2. The molecule has 0 aromatic heterocycles. The minimum absolute atomic E-state index is 0.198. The summed E-state index contributed by atoms with van der Waals surface area (Å²) >= 11 is 0. The Morgan fingerprint density at radius 2 is 1.68 bits per heavy atom. The van der Waals surface area contributed by atoms with Crippen LogP contribution in [0.5, 0.6) is 11.5 Å². The monoisotopic (exact) mass is 563 g/mol. The molecule has 0 heterocycles. The second kappa shape index (κ2) is 15.8. The number of carbonyl (C=O) groups is 2. The van der Waals surface area contributed by atoms with Crippen molar-refractivity contribution in [3.8, 4) is 11.5 Å². The largest absolute Gasteiger partial charge is 0.491 e. The molecule has 1 aliphatic carbocycles. The van der Waals surface area contributed by atoms with Gasteiger partial charge in [-0.3, -0.25) is 9.59 Å². The van der Waals surface area contributed by atoms with E-state index in [4.69, 9.17) is 15.2 Å². The molecule has 1 saturated carbocycles. The van der Waals surface area contributed by atoms with E-state index in [1.54, 1.807) is 6.92 Å². The number of benzene rings is 3. The number of aryl methyl sites for hydroxylation is 1. The molecular formula is C33H42FN3O4. The molecule has 2 amide bonds. The van der Waals surface area contributed by atoms with Gasteiger partial charge < -0.3 is 25.8 Å². The van der Waals surface area contributed by atoms with Gasteiger partial charge >= 0.3 is 0 Å². The van der Waals surface area contributed by atoms with Crippen molar-refractivity contribution < 1.29 is 23.5 Å². The van der Waals surface area contributed by atoms with E-state index in [0.717, 1.165) is 17.1 Å². The van der Waals surface area contributed by atoms with Gasteiger partial charge in [0, 0.05) is 29.8 Å². The zero-order valence-corrected chi connectivity index (χ0v) is 24.3. The molecule has 3 aromatic rings. The Hall–Kier alpha value is -3.91. The Morgan fingerprint density at radius 3 is 2.29 bits per heavy atom. The number of rotatable bonds is 13. The van der Waals surface area contributed by atoms with Crippen molar-refractivity contribution in [2.75, 3.05) is 5.32 Å². The standard InChI is InChI=1S/C20H24FN3O2.C13H18O2/c1-14(20(26)24-17-9-7-16(21)8-10-17)11-18(22)19(23-13-25)12-15-5-3-2-4-6-15;1-9(2)14-12-6-10(3)7-13(8-12)15-11-4-5-11/h2-10,13-14,18-19H,11-12,22H2,1H3,(H,23,25)(H,24,26);6-9,11H,4-5H2,1-3H3. The van der Waals surface area contributed by atoms with Crippen LogP contribution >= 0.6 is 0 Å². The fraction of sp³-hybridized carbons (Fsp3) is 0.394. The van der Waals surface area contributed by atoms with E-state index < -0.39 is 0 Å². The lowest BCUT2D eigenvalue weighted by atomic mass is 9.92. The van der Waals surface area contributed by atoms with Gasteiger partial charge in [-0.25, -0.2) is 4.39 Å². The maximum absolute atomic E-state index is 12.9. The highest BCUT2D eigenvalue weighted by Crippen LogP contribution is 2.30. The number of ether oxygens (including phenoxy) is 2. The van der Waals surface area contributed by atoms with Crippen LogP contribution < -0.4 is 25.8 Å². The van der Waals surface area contributed by atoms with Crippen molar-refractivity contribution in [2.24, 2.45) is 11.7 Å². The number of nitrogens with one attached hydrogen (secondary N) is 2. The van der Waals surface area contributed by atoms with Crippen LogP contribution in [0.3, 0.4) is 0 Å². The van der Waals surface area contributed by atoms with E-state index in [-0.39, 0.29) is 35.8 Å². The topological polar surface area (TPSA) is 103 Å². The van der Waals surface area contributed by atoms with Crippen LogP contribution in [0.1, 0.15) is 51.2 Å². The summed E-state index contributed by atoms with van der Waals surface area (Å²) in [5.74, 6) is 0.925. The van der Waals surface area contributed by atoms with Crippen LogP contribution in [0.2, 0.25) is 0 Å². The average molecular weight is 564 g/mol. The van der Waals surface area contributed by atoms with Crippen molar-refractivity contribution in [2.45, 2.75) is 77.7 Å². The summed E-state index contributed by atoms with van der Waals surface area (Å²) < 4.78 is 24.3. The Bertz CT molecular complexity index is 1210. The molecule has 3 unspecified atom stereocenters. The molecular weight excluding hydrogens is 521 g/mol. The van der Waals surface area contributed by atoms with Crippen LogP contribution in [0, 0.1) is 18.7 Å². The fourth-order valence-electron chi connectivity index (χ4n) is 4.27. The molecule has 41 heavy (non-hydrogen) atoms. The molecule has 1 fully saturated rings. The predicted octanol–water partition coefficient (Wildman–Crippen LogP) is 5.80. The van der Waals surface area contributed by atoms with E-state index in [2.05, 4.69) is 23.6 Å². The van der Waals surface area contributed by atoms with Gasteiger partial charge in [0.05, 0.1) is 12.2 Å². The van der Waals surface area contributed by atoms with E-state index >= 15 is 0 Å². The Labute approximate surface area is 242 Å². The third kappa shape index (κ3) is 11.6. The van der Waals surface area contributed by atoms with Crippen molar-refractivity contribution >= 4 is 18.0 Å². The van der Waals surface area contributed by atoms with Gasteiger partial charge in [0.1, 0.15) is 17.3 Å². The molecule has 0 spiro atoms. The van der Waals surface area contributed by atoms with Crippen LogP contribution in [-0.4, -0.2) is 36.6 Å². The lowest BCUT2D eigenvalue weighted by Crippen LogP contribution is -2.47. The smallest absolute Gasteiger partial charge is 0.227 e. The molecule has 4 rings (SSSR count). The zero-order valence-electron chi connectivity index (χ0n) is 24.3. The van der Waals surface area contributed by atoms with Crippen molar-refractivity contribution in [3.05, 3.63) is 89.7 Å². The first kappa shape index (κ1) is 31.6. The highest BCUT2D eigenvalue weighted by molar-refractivity contribution is 5.92.